The van der Waals surface area contributed by atoms with Crippen LogP contribution in [0.5, 0.6) is 0 Å². The lowest BCUT2D eigenvalue weighted by Gasteiger charge is -2.15. The normalized spacial score (nSPS) is 23.8. The van der Waals surface area contributed by atoms with Crippen molar-refractivity contribution < 1.29 is 15.0 Å². The SMILES string of the molecule is CNC(=O)c1ccc(N2CC(O)C(O)C2)nn1. The molecule has 92 valence electrons. The standard InChI is InChI=1S/C10H14N4O3/c1-11-10(17)6-2-3-9(13-12-6)14-4-7(15)8(16)5-14/h2-3,7-8,15-16H,4-5H2,1H3,(H,11,17). The molecule has 1 fully saturated rings. The van der Waals surface area contributed by atoms with E-state index < -0.39 is 12.2 Å². The minimum absolute atomic E-state index is 0.233. The number of hydrogen-bond acceptors (Lipinski definition) is 6. The van der Waals surface area contributed by atoms with Gasteiger partial charge in [0.25, 0.3) is 5.91 Å². The molecule has 1 saturated heterocycles. The molecular formula is C10H14N4O3. The van der Waals surface area contributed by atoms with Gasteiger partial charge in [0.2, 0.25) is 0 Å². The summed E-state index contributed by atoms with van der Waals surface area (Å²) in [6, 6.07) is 3.20. The molecule has 1 amide bonds. The van der Waals surface area contributed by atoms with E-state index in [2.05, 4.69) is 15.5 Å². The zero-order valence-corrected chi connectivity index (χ0v) is 9.37. The second-order valence-electron chi connectivity index (χ2n) is 3.90. The van der Waals surface area contributed by atoms with E-state index >= 15 is 0 Å². The zero-order chi connectivity index (χ0) is 12.4. The van der Waals surface area contributed by atoms with Crippen molar-refractivity contribution in [2.45, 2.75) is 12.2 Å². The van der Waals surface area contributed by atoms with E-state index in [9.17, 15) is 15.0 Å². The van der Waals surface area contributed by atoms with E-state index in [0.717, 1.165) is 0 Å². The minimum atomic E-state index is -0.768. The first kappa shape index (κ1) is 11.7. The third-order valence-electron chi connectivity index (χ3n) is 2.69. The molecule has 0 radical (unpaired) electrons. The summed E-state index contributed by atoms with van der Waals surface area (Å²) < 4.78 is 0. The van der Waals surface area contributed by atoms with E-state index in [1.165, 1.54) is 7.05 Å². The van der Waals surface area contributed by atoms with Gasteiger partial charge in [0.15, 0.2) is 11.5 Å². The maximum atomic E-state index is 11.2. The highest BCUT2D eigenvalue weighted by molar-refractivity contribution is 5.91. The summed E-state index contributed by atoms with van der Waals surface area (Å²) in [6.45, 7) is 0.629. The number of aromatic nitrogens is 2. The molecule has 0 bridgehead atoms. The molecule has 0 aliphatic carbocycles. The second-order valence-corrected chi connectivity index (χ2v) is 3.90. The van der Waals surface area contributed by atoms with Gasteiger partial charge >= 0.3 is 0 Å². The third-order valence-corrected chi connectivity index (χ3v) is 2.69. The lowest BCUT2D eigenvalue weighted by Crippen LogP contribution is -2.24. The molecule has 2 heterocycles. The molecule has 17 heavy (non-hydrogen) atoms. The smallest absolute Gasteiger partial charge is 0.271 e. The van der Waals surface area contributed by atoms with Crippen molar-refractivity contribution in [1.82, 2.24) is 15.5 Å². The molecule has 1 aliphatic rings. The molecule has 0 saturated carbocycles. The summed E-state index contributed by atoms with van der Waals surface area (Å²) in [5.41, 5.74) is 0.233. The number of carbonyl (C=O) groups is 1. The zero-order valence-electron chi connectivity index (χ0n) is 9.37. The Kier molecular flexibility index (Phi) is 3.21. The van der Waals surface area contributed by atoms with Gasteiger partial charge in [-0.2, -0.15) is 0 Å². The first-order chi connectivity index (χ1) is 8.11. The van der Waals surface area contributed by atoms with Gasteiger partial charge in [-0.1, -0.05) is 0 Å². The second kappa shape index (κ2) is 4.64. The Morgan fingerprint density at radius 2 is 2.00 bits per heavy atom. The molecule has 1 aliphatic heterocycles. The number of amides is 1. The third kappa shape index (κ3) is 2.34. The van der Waals surface area contributed by atoms with Crippen LogP contribution in [-0.4, -0.2) is 58.7 Å². The van der Waals surface area contributed by atoms with Gasteiger partial charge in [-0.3, -0.25) is 4.79 Å². The molecule has 7 nitrogen and oxygen atoms in total. The monoisotopic (exact) mass is 238 g/mol. The van der Waals surface area contributed by atoms with E-state index in [1.54, 1.807) is 17.0 Å². The Labute approximate surface area is 98.1 Å². The van der Waals surface area contributed by atoms with E-state index in [-0.39, 0.29) is 11.6 Å². The maximum Gasteiger partial charge on any atom is 0.271 e. The predicted molar refractivity (Wildman–Crippen MR) is 59.6 cm³/mol. The minimum Gasteiger partial charge on any atom is -0.389 e. The number of anilines is 1. The fourth-order valence-corrected chi connectivity index (χ4v) is 1.70. The van der Waals surface area contributed by atoms with Crippen molar-refractivity contribution in [2.24, 2.45) is 0 Å². The van der Waals surface area contributed by atoms with Crippen LogP contribution in [0.15, 0.2) is 12.1 Å². The molecule has 7 heteroatoms. The maximum absolute atomic E-state index is 11.2. The topological polar surface area (TPSA) is 98.6 Å². The van der Waals surface area contributed by atoms with Gasteiger partial charge in [0.1, 0.15) is 0 Å². The Hall–Kier alpha value is -1.73. The molecule has 1 aromatic heterocycles. The van der Waals surface area contributed by atoms with Crippen LogP contribution in [0.4, 0.5) is 5.82 Å². The van der Waals surface area contributed by atoms with Gasteiger partial charge in [-0.25, -0.2) is 0 Å². The number of nitrogens with one attached hydrogen (secondary N) is 1. The van der Waals surface area contributed by atoms with Gasteiger partial charge in [0, 0.05) is 20.1 Å². The molecule has 2 unspecified atom stereocenters. The van der Waals surface area contributed by atoms with Crippen molar-refractivity contribution in [3.05, 3.63) is 17.8 Å². The summed E-state index contributed by atoms with van der Waals surface area (Å²) in [4.78, 5) is 13.0. The molecule has 2 rings (SSSR count). The van der Waals surface area contributed by atoms with Crippen LogP contribution in [0.3, 0.4) is 0 Å². The van der Waals surface area contributed by atoms with Crippen molar-refractivity contribution in [2.75, 3.05) is 25.0 Å². The van der Waals surface area contributed by atoms with Crippen molar-refractivity contribution in [1.29, 1.82) is 0 Å². The van der Waals surface area contributed by atoms with Gasteiger partial charge < -0.3 is 20.4 Å². The molecular weight excluding hydrogens is 224 g/mol. The Morgan fingerprint density at radius 3 is 2.47 bits per heavy atom. The number of nitrogens with zero attached hydrogens (tertiary/aromatic N) is 3. The lowest BCUT2D eigenvalue weighted by molar-refractivity contribution is 0.0572. The molecule has 1 aromatic rings. The van der Waals surface area contributed by atoms with Crippen LogP contribution in [0, 0.1) is 0 Å². The fraction of sp³-hybridized carbons (Fsp3) is 0.500. The average molecular weight is 238 g/mol. The lowest BCUT2D eigenvalue weighted by atomic mass is 10.3. The first-order valence-corrected chi connectivity index (χ1v) is 5.28. The van der Waals surface area contributed by atoms with Crippen molar-refractivity contribution in [3.63, 3.8) is 0 Å². The van der Waals surface area contributed by atoms with Gasteiger partial charge in [-0.15, -0.1) is 10.2 Å². The number of aliphatic hydroxyl groups excluding tert-OH is 2. The van der Waals surface area contributed by atoms with E-state index in [0.29, 0.717) is 18.9 Å². The molecule has 0 aromatic carbocycles. The highest BCUT2D eigenvalue weighted by Gasteiger charge is 2.30. The number of aliphatic hydroxyl groups is 2. The van der Waals surface area contributed by atoms with Crippen LogP contribution >= 0.6 is 0 Å². The van der Waals surface area contributed by atoms with Crippen LogP contribution < -0.4 is 10.2 Å². The number of carbonyl (C=O) groups excluding carboxylic acids is 1. The molecule has 3 N–H and O–H groups in total. The Morgan fingerprint density at radius 1 is 1.35 bits per heavy atom. The van der Waals surface area contributed by atoms with Crippen LogP contribution in [-0.2, 0) is 0 Å². The summed E-state index contributed by atoms with van der Waals surface area (Å²) in [7, 11) is 1.52. The van der Waals surface area contributed by atoms with Crippen LogP contribution in [0.2, 0.25) is 0 Å². The van der Waals surface area contributed by atoms with Crippen molar-refractivity contribution >= 4 is 11.7 Å². The largest absolute Gasteiger partial charge is 0.389 e. The van der Waals surface area contributed by atoms with E-state index in [4.69, 9.17) is 0 Å². The highest BCUT2D eigenvalue weighted by Crippen LogP contribution is 2.17. The first-order valence-electron chi connectivity index (χ1n) is 5.28. The summed E-state index contributed by atoms with van der Waals surface area (Å²) in [5.74, 6) is 0.235. The summed E-state index contributed by atoms with van der Waals surface area (Å²) >= 11 is 0. The summed E-state index contributed by atoms with van der Waals surface area (Å²) in [5, 5.41) is 28.9. The van der Waals surface area contributed by atoms with Gasteiger partial charge in [0.05, 0.1) is 12.2 Å². The van der Waals surface area contributed by atoms with E-state index in [1.807, 2.05) is 0 Å². The Bertz CT molecular complexity index is 399. The van der Waals surface area contributed by atoms with Gasteiger partial charge in [-0.05, 0) is 12.1 Å². The van der Waals surface area contributed by atoms with Crippen LogP contribution in [0.25, 0.3) is 0 Å². The molecule has 0 spiro atoms. The average Bonchev–Trinajstić information content (AvgIpc) is 2.69. The molecule has 2 atom stereocenters. The fourth-order valence-electron chi connectivity index (χ4n) is 1.70. The Balaban J connectivity index is 2.11. The summed E-state index contributed by atoms with van der Waals surface area (Å²) in [6.07, 6.45) is -1.54. The highest BCUT2D eigenvalue weighted by atomic mass is 16.3. The number of hydrogen-bond donors (Lipinski definition) is 3. The number of rotatable bonds is 2. The quantitative estimate of drug-likeness (QED) is 0.572. The predicted octanol–water partition coefficient (Wildman–Crippen LogP) is -1.62. The van der Waals surface area contributed by atoms with Crippen molar-refractivity contribution in [3.8, 4) is 0 Å². The number of β-amino-alcohol motifs (C(OH)–C–C–N with tert-alkyl or cyclic N) is 2. The van der Waals surface area contributed by atoms with Crippen LogP contribution in [0.1, 0.15) is 10.5 Å².